The van der Waals surface area contributed by atoms with Crippen molar-refractivity contribution in [1.82, 2.24) is 0 Å². The van der Waals surface area contributed by atoms with E-state index in [9.17, 15) is 38.0 Å². The van der Waals surface area contributed by atoms with Crippen LogP contribution < -0.4 is 29.2 Å². The maximum Gasteiger partial charge on any atom is 2.00 e. The number of rotatable bonds is 22. The van der Waals surface area contributed by atoms with Crippen molar-refractivity contribution in [3.63, 3.8) is 0 Å². The Hall–Kier alpha value is -1.80. The molecule has 0 bridgehead atoms. The molecular formula is C60H60Ca3Cl2O16S2. The van der Waals surface area contributed by atoms with Gasteiger partial charge in [0.15, 0.2) is 0 Å². The molecule has 4 saturated heterocycles. The molecule has 4 heterocycles. The van der Waals surface area contributed by atoms with Crippen LogP contribution in [0.5, 0.6) is 23.0 Å². The summed E-state index contributed by atoms with van der Waals surface area (Å²) in [5, 5.41) is 22.7. The molecular weight excluding hydrogens is 1230 g/mol. The summed E-state index contributed by atoms with van der Waals surface area (Å²) in [5.41, 5.74) is 5.66. The molecule has 4 fully saturated rings. The van der Waals surface area contributed by atoms with Crippen molar-refractivity contribution >= 4 is 170 Å². The minimum Gasteiger partial charge on any atom is -0.800 e. The zero-order chi connectivity index (χ0) is 56.3. The molecule has 23 heteroatoms. The molecule has 0 spiro atoms. The van der Waals surface area contributed by atoms with Crippen molar-refractivity contribution in [2.45, 2.75) is 50.1 Å². The van der Waals surface area contributed by atoms with Crippen LogP contribution in [0.2, 0.25) is 10.0 Å². The number of aliphatic carboxylic acids is 2. The van der Waals surface area contributed by atoms with Crippen molar-refractivity contribution in [2.75, 3.05) is 75.9 Å². The Morgan fingerprint density at radius 3 is 1.14 bits per heavy atom. The minimum absolute atomic E-state index is 0. The van der Waals surface area contributed by atoms with Gasteiger partial charge in [-0.05, 0) is 167 Å². The third kappa shape index (κ3) is 20.1. The van der Waals surface area contributed by atoms with Crippen LogP contribution in [0, 0.1) is 11.8 Å². The summed E-state index contributed by atoms with van der Waals surface area (Å²) >= 11 is 13.2. The van der Waals surface area contributed by atoms with Gasteiger partial charge in [-0.1, -0.05) is 83.9 Å². The van der Waals surface area contributed by atoms with Gasteiger partial charge in [-0.25, -0.2) is 0 Å². The summed E-state index contributed by atoms with van der Waals surface area (Å²) in [7, 11) is -5.78. The normalized spacial score (nSPS) is 18.2. The molecule has 6 aromatic rings. The van der Waals surface area contributed by atoms with Gasteiger partial charge >= 0.3 is 113 Å². The molecule has 6 aromatic carbocycles. The monoisotopic (exact) mass is 1290 g/mol. The Morgan fingerprint density at radius 1 is 0.482 bits per heavy atom. The number of carboxylic acid groups (broad SMARTS) is 2. The number of carboxylic acids is 2. The second-order valence-electron chi connectivity index (χ2n) is 20.4. The first kappa shape index (κ1) is 70.3. The van der Waals surface area contributed by atoms with E-state index in [-0.39, 0.29) is 174 Å². The van der Waals surface area contributed by atoms with E-state index in [1.54, 1.807) is 12.1 Å². The Bertz CT molecular complexity index is 2850. The summed E-state index contributed by atoms with van der Waals surface area (Å²) in [6.45, 7) is 1.80. The summed E-state index contributed by atoms with van der Waals surface area (Å²) < 4.78 is 91.9. The summed E-state index contributed by atoms with van der Waals surface area (Å²) in [4.78, 5) is 21.6. The van der Waals surface area contributed by atoms with Gasteiger partial charge in [0.2, 0.25) is 0 Å². The quantitative estimate of drug-likeness (QED) is 0.0590. The third-order valence-corrected chi connectivity index (χ3v) is 18.6. The number of ether oxygens (including phenoxy) is 8. The van der Waals surface area contributed by atoms with Gasteiger partial charge in [0, 0.05) is 11.1 Å². The third-order valence-electron chi connectivity index (χ3n) is 14.5. The van der Waals surface area contributed by atoms with Crippen molar-refractivity contribution in [3.8, 4) is 45.3 Å². The van der Waals surface area contributed by atoms with Crippen LogP contribution in [-0.2, 0) is 53.0 Å². The van der Waals surface area contributed by atoms with E-state index in [0.717, 1.165) is 44.5 Å². The van der Waals surface area contributed by atoms with Gasteiger partial charge in [-0.15, -0.1) is 0 Å². The standard InChI is InChI=1S/2C30H33ClO8S.3Ca/c2*31-28-15-26(38-16-21-10-12-40(34,35)13-11-21)8-9-27(28)23-3-1-2-22(14-23)17-37-25-6-4-24(5-7-25)30(19-36-20-30)39-18-29(32)33;;;/h2*1-9,14-15,21,34-35H,10-13,16-20H2,(H,32,33);;;/q;;3*+2/p-6. The first-order valence-corrected chi connectivity index (χ1v) is 30.6. The largest absolute Gasteiger partial charge is 2.00 e. The average Bonchev–Trinajstić information content (AvgIpc) is 3.41. The molecule has 16 nitrogen and oxygen atoms in total. The molecule has 10 rings (SSSR count). The summed E-state index contributed by atoms with van der Waals surface area (Å²) in [6, 6.07) is 41.7. The van der Waals surface area contributed by atoms with E-state index < -0.39 is 57.5 Å². The maximum atomic E-state index is 11.6. The van der Waals surface area contributed by atoms with E-state index in [4.69, 9.17) is 61.1 Å². The molecule has 4 aliphatic rings. The van der Waals surface area contributed by atoms with Crippen LogP contribution >= 0.6 is 44.4 Å². The molecule has 0 amide bonds. The summed E-state index contributed by atoms with van der Waals surface area (Å²) in [5.74, 6) is 1.47. The van der Waals surface area contributed by atoms with E-state index >= 15 is 0 Å². The predicted octanol–water partition coefficient (Wildman–Crippen LogP) is 7.72. The van der Waals surface area contributed by atoms with Gasteiger partial charge < -0.3 is 97.1 Å². The molecule has 0 aromatic heterocycles. The molecule has 428 valence electrons. The molecule has 0 atom stereocenters. The topological polar surface area (TPSA) is 246 Å². The second kappa shape index (κ2) is 32.6. The van der Waals surface area contributed by atoms with Crippen LogP contribution in [0.4, 0.5) is 0 Å². The van der Waals surface area contributed by atoms with Gasteiger partial charge in [-0.3, -0.25) is 0 Å². The van der Waals surface area contributed by atoms with Crippen molar-refractivity contribution in [1.29, 1.82) is 0 Å². The Kier molecular flexibility index (Phi) is 27.6. The minimum atomic E-state index is -2.89. The van der Waals surface area contributed by atoms with Crippen LogP contribution in [0.3, 0.4) is 0 Å². The maximum absolute atomic E-state index is 11.6. The number of sulfone groups is 2. The SMILES string of the molecule is O=C([O-])COC1(c2ccc(OCc3cccc(-c4ccc(OCC5CCS([O-])([O-])CC5)cc4Cl)c3)cc2)COC1.O=C([O-])COC1(c2ccc(OCc3cccc(-c4ccc(OCC5CCS([O-])([O-])CC5)cc4Cl)c3)cc2)COC1.[Ca+2].[Ca+2].[Ca+2]. The zero-order valence-corrected chi connectivity index (χ0v) is 55.6. The van der Waals surface area contributed by atoms with Crippen LogP contribution in [-0.4, -0.2) is 219 Å². The first-order valence-electron chi connectivity index (χ1n) is 26.2. The first-order chi connectivity index (χ1) is 38.4. The number of carbonyl (C=O) groups excluding carboxylic acids is 2. The second-order valence-corrected chi connectivity index (χ2v) is 25.8. The van der Waals surface area contributed by atoms with Gasteiger partial charge in [0.25, 0.3) is 0 Å². The number of hydrogen-bond donors (Lipinski definition) is 0. The molecule has 4 aliphatic heterocycles. The number of halogens is 2. The van der Waals surface area contributed by atoms with E-state index in [2.05, 4.69) is 0 Å². The molecule has 0 unspecified atom stereocenters. The zero-order valence-electron chi connectivity index (χ0n) is 45.8. The predicted molar refractivity (Wildman–Crippen MR) is 314 cm³/mol. The average molecular weight is 1290 g/mol. The van der Waals surface area contributed by atoms with E-state index in [1.165, 1.54) is 0 Å². The fraction of sp³-hybridized carbons (Fsp3) is 0.367. The molecule has 0 radical (unpaired) electrons. The number of benzene rings is 6. The van der Waals surface area contributed by atoms with Crippen LogP contribution in [0.1, 0.15) is 47.9 Å². The fourth-order valence-corrected chi connectivity index (χ4v) is 13.4. The van der Waals surface area contributed by atoms with Crippen molar-refractivity contribution in [2.24, 2.45) is 11.8 Å². The van der Waals surface area contributed by atoms with Crippen LogP contribution in [0.25, 0.3) is 22.3 Å². The van der Waals surface area contributed by atoms with Crippen molar-refractivity contribution in [3.05, 3.63) is 166 Å². The molecule has 83 heavy (non-hydrogen) atoms. The Balaban J connectivity index is 0.000000257. The van der Waals surface area contributed by atoms with E-state index in [1.807, 2.05) is 121 Å². The Morgan fingerprint density at radius 2 is 0.831 bits per heavy atom. The van der Waals surface area contributed by atoms with Crippen LogP contribution in [0.15, 0.2) is 133 Å². The smallest absolute Gasteiger partial charge is 0.800 e. The molecule has 0 aliphatic carbocycles. The van der Waals surface area contributed by atoms with Gasteiger partial charge in [-0.2, -0.15) is 0 Å². The molecule has 0 saturated carbocycles. The number of carbonyl (C=O) groups is 2. The van der Waals surface area contributed by atoms with Crippen molar-refractivity contribution < 1.29 is 75.9 Å². The fourth-order valence-electron chi connectivity index (χ4n) is 9.61. The number of hydrogen-bond acceptors (Lipinski definition) is 16. The Labute approximate surface area is 586 Å². The van der Waals surface area contributed by atoms with Gasteiger partial charge in [0.1, 0.15) is 47.4 Å². The molecule has 0 N–H and O–H groups in total. The summed E-state index contributed by atoms with van der Waals surface area (Å²) in [6.07, 6.45) is 2.51. The van der Waals surface area contributed by atoms with E-state index in [0.29, 0.717) is 85.2 Å². The van der Waals surface area contributed by atoms with Gasteiger partial charge in [0.05, 0.1) is 74.8 Å².